The van der Waals surface area contributed by atoms with Crippen LogP contribution in [-0.4, -0.2) is 35.2 Å². The normalized spacial score (nSPS) is 16.4. The number of amides is 1. The van der Waals surface area contributed by atoms with Gasteiger partial charge in [-0.2, -0.15) is 11.3 Å². The minimum Gasteiger partial charge on any atom is -0.465 e. The predicted molar refractivity (Wildman–Crippen MR) is 111 cm³/mol. The van der Waals surface area contributed by atoms with Crippen LogP contribution >= 0.6 is 22.9 Å². The number of rotatable bonds is 4. The molecular formula is C21H18ClFN2O2S. The van der Waals surface area contributed by atoms with Crippen LogP contribution in [0.3, 0.4) is 0 Å². The van der Waals surface area contributed by atoms with Crippen molar-refractivity contribution in [3.05, 3.63) is 70.1 Å². The van der Waals surface area contributed by atoms with Crippen molar-refractivity contribution in [2.24, 2.45) is 0 Å². The van der Waals surface area contributed by atoms with E-state index in [1.54, 1.807) is 23.5 Å². The quantitative estimate of drug-likeness (QED) is 0.559. The fourth-order valence-electron chi connectivity index (χ4n) is 3.58. The van der Waals surface area contributed by atoms with Gasteiger partial charge in [0.1, 0.15) is 5.82 Å². The standard InChI is InChI=1S/C21H18ClFN2O2S/c22-19-11-17(5-6-20(19)23)25(18-7-9-24(12-18)21(26)27)16-3-1-14(2-4-16)15-8-10-28-13-15/h1-6,8,10-11,13,18H,7,9,12H2,(H,26,27)/t18-/m0/s1. The van der Waals surface area contributed by atoms with E-state index in [0.717, 1.165) is 22.5 Å². The van der Waals surface area contributed by atoms with Crippen LogP contribution in [0.4, 0.5) is 20.6 Å². The summed E-state index contributed by atoms with van der Waals surface area (Å²) >= 11 is 7.67. The molecule has 1 N–H and O–H groups in total. The Morgan fingerprint density at radius 2 is 1.89 bits per heavy atom. The first-order valence-corrected chi connectivity index (χ1v) is 10.2. The highest BCUT2D eigenvalue weighted by Crippen LogP contribution is 2.35. The largest absolute Gasteiger partial charge is 0.465 e. The number of likely N-dealkylation sites (tertiary alicyclic amines) is 1. The first-order chi connectivity index (χ1) is 13.5. The number of halogens is 2. The summed E-state index contributed by atoms with van der Waals surface area (Å²) in [7, 11) is 0. The van der Waals surface area contributed by atoms with Crippen LogP contribution in [0, 0.1) is 5.82 Å². The summed E-state index contributed by atoms with van der Waals surface area (Å²) < 4.78 is 13.7. The van der Waals surface area contributed by atoms with Crippen LogP contribution in [0.2, 0.25) is 5.02 Å². The summed E-state index contributed by atoms with van der Waals surface area (Å²) in [5, 5.41) is 13.5. The fourth-order valence-corrected chi connectivity index (χ4v) is 4.41. The van der Waals surface area contributed by atoms with E-state index in [-0.39, 0.29) is 11.1 Å². The lowest BCUT2D eigenvalue weighted by molar-refractivity contribution is 0.155. The van der Waals surface area contributed by atoms with Gasteiger partial charge in [-0.3, -0.25) is 0 Å². The number of thiophene rings is 1. The molecule has 0 aliphatic carbocycles. The molecule has 2 heterocycles. The van der Waals surface area contributed by atoms with E-state index < -0.39 is 11.9 Å². The lowest BCUT2D eigenvalue weighted by Gasteiger charge is -2.31. The van der Waals surface area contributed by atoms with E-state index in [2.05, 4.69) is 11.4 Å². The molecule has 4 rings (SSSR count). The van der Waals surface area contributed by atoms with Crippen molar-refractivity contribution in [2.75, 3.05) is 18.0 Å². The molecule has 28 heavy (non-hydrogen) atoms. The third-order valence-electron chi connectivity index (χ3n) is 4.98. The molecule has 0 bridgehead atoms. The number of hydrogen-bond acceptors (Lipinski definition) is 3. The number of carboxylic acid groups (broad SMARTS) is 1. The van der Waals surface area contributed by atoms with Crippen LogP contribution in [0.1, 0.15) is 6.42 Å². The lowest BCUT2D eigenvalue weighted by atomic mass is 10.1. The zero-order valence-electron chi connectivity index (χ0n) is 14.9. The molecule has 1 amide bonds. The fraction of sp³-hybridized carbons (Fsp3) is 0.190. The molecule has 1 fully saturated rings. The topological polar surface area (TPSA) is 43.8 Å². The number of anilines is 2. The minimum atomic E-state index is -0.924. The summed E-state index contributed by atoms with van der Waals surface area (Å²) in [6, 6.07) is 14.7. The Morgan fingerprint density at radius 3 is 2.50 bits per heavy atom. The van der Waals surface area contributed by atoms with Gasteiger partial charge in [0, 0.05) is 24.5 Å². The molecule has 0 unspecified atom stereocenters. The highest BCUT2D eigenvalue weighted by atomic mass is 35.5. The van der Waals surface area contributed by atoms with Gasteiger partial charge in [0.2, 0.25) is 0 Å². The van der Waals surface area contributed by atoms with Crippen molar-refractivity contribution >= 4 is 40.4 Å². The second-order valence-corrected chi connectivity index (χ2v) is 7.89. The Bertz CT molecular complexity index is 979. The molecule has 3 aromatic rings. The first kappa shape index (κ1) is 18.8. The van der Waals surface area contributed by atoms with Crippen molar-refractivity contribution in [3.63, 3.8) is 0 Å². The van der Waals surface area contributed by atoms with Gasteiger partial charge >= 0.3 is 6.09 Å². The summed E-state index contributed by atoms with van der Waals surface area (Å²) in [6.07, 6.45) is -0.236. The van der Waals surface area contributed by atoms with Crippen LogP contribution in [-0.2, 0) is 0 Å². The number of benzene rings is 2. The number of hydrogen-bond donors (Lipinski definition) is 1. The third-order valence-corrected chi connectivity index (χ3v) is 5.95. The maximum absolute atomic E-state index is 13.7. The first-order valence-electron chi connectivity index (χ1n) is 8.88. The molecule has 7 heteroatoms. The average Bonchev–Trinajstić information content (AvgIpc) is 3.38. The minimum absolute atomic E-state index is 0.0467. The smallest absolute Gasteiger partial charge is 0.407 e. The Balaban J connectivity index is 1.70. The molecular weight excluding hydrogens is 399 g/mol. The van der Waals surface area contributed by atoms with Crippen LogP contribution < -0.4 is 4.90 Å². The molecule has 0 saturated carbocycles. The van der Waals surface area contributed by atoms with E-state index in [1.807, 2.05) is 34.5 Å². The number of carbonyl (C=O) groups is 1. The van der Waals surface area contributed by atoms with Crippen LogP contribution in [0.5, 0.6) is 0 Å². The van der Waals surface area contributed by atoms with Crippen LogP contribution in [0.15, 0.2) is 59.3 Å². The maximum Gasteiger partial charge on any atom is 0.407 e. The highest BCUT2D eigenvalue weighted by molar-refractivity contribution is 7.08. The van der Waals surface area contributed by atoms with E-state index in [0.29, 0.717) is 19.5 Å². The van der Waals surface area contributed by atoms with Crippen molar-refractivity contribution in [1.82, 2.24) is 4.90 Å². The van der Waals surface area contributed by atoms with Gasteiger partial charge in [0.15, 0.2) is 0 Å². The molecule has 0 spiro atoms. The Hall–Kier alpha value is -2.57. The predicted octanol–water partition coefficient (Wildman–Crippen LogP) is 6.10. The monoisotopic (exact) mass is 416 g/mol. The average molecular weight is 417 g/mol. The van der Waals surface area contributed by atoms with Crippen molar-refractivity contribution in [1.29, 1.82) is 0 Å². The van der Waals surface area contributed by atoms with Gasteiger partial charge < -0.3 is 14.9 Å². The molecule has 1 aliphatic rings. The molecule has 0 radical (unpaired) electrons. The van der Waals surface area contributed by atoms with Gasteiger partial charge in [0.05, 0.1) is 11.1 Å². The Kier molecular flexibility index (Phi) is 5.24. The van der Waals surface area contributed by atoms with Crippen molar-refractivity contribution in [3.8, 4) is 11.1 Å². The second-order valence-electron chi connectivity index (χ2n) is 6.70. The summed E-state index contributed by atoms with van der Waals surface area (Å²) in [5.41, 5.74) is 3.93. The zero-order valence-corrected chi connectivity index (χ0v) is 16.5. The van der Waals surface area contributed by atoms with E-state index in [1.165, 1.54) is 11.0 Å². The highest BCUT2D eigenvalue weighted by Gasteiger charge is 2.31. The van der Waals surface area contributed by atoms with Gasteiger partial charge in [0.25, 0.3) is 0 Å². The van der Waals surface area contributed by atoms with Gasteiger partial charge in [-0.05, 0) is 64.7 Å². The van der Waals surface area contributed by atoms with E-state index in [4.69, 9.17) is 11.6 Å². The van der Waals surface area contributed by atoms with E-state index in [9.17, 15) is 14.3 Å². The molecule has 2 aromatic carbocycles. The molecule has 1 aliphatic heterocycles. The van der Waals surface area contributed by atoms with Gasteiger partial charge in [-0.1, -0.05) is 23.7 Å². The van der Waals surface area contributed by atoms with E-state index >= 15 is 0 Å². The number of nitrogens with zero attached hydrogens (tertiary/aromatic N) is 2. The van der Waals surface area contributed by atoms with Gasteiger partial charge in [-0.25, -0.2) is 9.18 Å². The third kappa shape index (κ3) is 3.70. The summed E-state index contributed by atoms with van der Waals surface area (Å²) in [5.74, 6) is -0.475. The lowest BCUT2D eigenvalue weighted by Crippen LogP contribution is -2.35. The summed E-state index contributed by atoms with van der Waals surface area (Å²) in [4.78, 5) is 14.8. The molecule has 1 saturated heterocycles. The SMILES string of the molecule is O=C(O)N1CC[C@H](N(c2ccc(-c3ccsc3)cc2)c2ccc(F)c(Cl)c2)C1. The molecule has 1 atom stereocenters. The van der Waals surface area contributed by atoms with Crippen molar-refractivity contribution in [2.45, 2.75) is 12.5 Å². The van der Waals surface area contributed by atoms with Crippen LogP contribution in [0.25, 0.3) is 11.1 Å². The molecule has 1 aromatic heterocycles. The molecule has 4 nitrogen and oxygen atoms in total. The van der Waals surface area contributed by atoms with Gasteiger partial charge in [-0.15, -0.1) is 0 Å². The molecule has 144 valence electrons. The van der Waals surface area contributed by atoms with Crippen molar-refractivity contribution < 1.29 is 14.3 Å². The Labute approximate surface area is 171 Å². The maximum atomic E-state index is 13.7. The Morgan fingerprint density at radius 1 is 1.14 bits per heavy atom. The second kappa shape index (κ2) is 7.81. The zero-order chi connectivity index (χ0) is 19.7. The summed E-state index contributed by atoms with van der Waals surface area (Å²) in [6.45, 7) is 0.856.